The third-order valence-electron chi connectivity index (χ3n) is 4.18. The Kier molecular flexibility index (Phi) is 3.49. The summed E-state index contributed by atoms with van der Waals surface area (Å²) in [6.45, 7) is 0.165. The number of hydrogen-bond acceptors (Lipinski definition) is 4. The van der Waals surface area contributed by atoms with E-state index in [-0.39, 0.29) is 18.9 Å². The zero-order chi connectivity index (χ0) is 15.2. The Labute approximate surface area is 122 Å². The lowest BCUT2D eigenvalue weighted by Gasteiger charge is -2.28. The molecule has 0 aromatic heterocycles. The van der Waals surface area contributed by atoms with Crippen molar-refractivity contribution in [3.05, 3.63) is 35.4 Å². The van der Waals surface area contributed by atoms with E-state index in [0.717, 1.165) is 11.1 Å². The summed E-state index contributed by atoms with van der Waals surface area (Å²) in [6, 6.07) is 7.03. The first-order valence-electron chi connectivity index (χ1n) is 6.83. The van der Waals surface area contributed by atoms with Crippen molar-refractivity contribution in [2.75, 3.05) is 12.3 Å². The second kappa shape index (κ2) is 5.06. The number of benzene rings is 1. The van der Waals surface area contributed by atoms with Gasteiger partial charge in [0.1, 0.15) is 0 Å². The Balaban J connectivity index is 1.83. The maximum atomic E-state index is 12.8. The second-order valence-corrected chi connectivity index (χ2v) is 7.15. The molecule has 0 bridgehead atoms. The largest absolute Gasteiger partial charge is 0.390 e. The van der Waals surface area contributed by atoms with Crippen molar-refractivity contribution in [1.29, 1.82) is 0 Å². The fourth-order valence-corrected chi connectivity index (χ4v) is 4.19. The molecule has 1 heterocycles. The number of hydrogen-bond donors (Lipinski definition) is 1. The number of amides is 1. The summed E-state index contributed by atoms with van der Waals surface area (Å²) in [7, 11) is -4.59. The molecular formula is C14H16FNO4S. The Morgan fingerprint density at radius 2 is 2.00 bits per heavy atom. The molecule has 1 aromatic carbocycles. The van der Waals surface area contributed by atoms with Crippen LogP contribution in [0.2, 0.25) is 0 Å². The Morgan fingerprint density at radius 1 is 1.29 bits per heavy atom. The summed E-state index contributed by atoms with van der Waals surface area (Å²) in [6.07, 6.45) is -0.224. The van der Waals surface area contributed by atoms with Crippen molar-refractivity contribution in [3.8, 4) is 0 Å². The Morgan fingerprint density at radius 3 is 2.71 bits per heavy atom. The van der Waals surface area contributed by atoms with E-state index in [0.29, 0.717) is 6.42 Å². The van der Waals surface area contributed by atoms with Crippen LogP contribution in [0.3, 0.4) is 0 Å². The quantitative estimate of drug-likeness (QED) is 0.837. The molecule has 2 aliphatic rings. The average molecular weight is 313 g/mol. The lowest BCUT2D eigenvalue weighted by molar-refractivity contribution is -0.131. The minimum Gasteiger partial charge on any atom is -0.390 e. The zero-order valence-corrected chi connectivity index (χ0v) is 12.1. The number of rotatable bonds is 3. The molecule has 21 heavy (non-hydrogen) atoms. The van der Waals surface area contributed by atoms with Gasteiger partial charge in [-0.2, -0.15) is 8.42 Å². The Hall–Kier alpha value is -1.47. The highest BCUT2D eigenvalue weighted by Gasteiger charge is 2.42. The third-order valence-corrected chi connectivity index (χ3v) is 5.05. The minimum absolute atomic E-state index is 0.00847. The van der Waals surface area contributed by atoms with E-state index in [1.165, 1.54) is 4.90 Å². The fourth-order valence-electron chi connectivity index (χ4n) is 3.40. The lowest BCUT2D eigenvalue weighted by atomic mass is 10.1. The van der Waals surface area contributed by atoms with Gasteiger partial charge in [-0.05, 0) is 11.1 Å². The fraction of sp³-hybridized carbons (Fsp3) is 0.500. The summed E-state index contributed by atoms with van der Waals surface area (Å²) >= 11 is 0. The number of carbonyl (C=O) groups excluding carboxylic acids is 1. The summed E-state index contributed by atoms with van der Waals surface area (Å²) in [5.74, 6) is -1.42. The SMILES string of the molecule is O=C1CC(CS(=O)(=O)F)CN1C1c2ccccc2CC1O. The summed E-state index contributed by atoms with van der Waals surface area (Å²) in [5, 5.41) is 10.2. The van der Waals surface area contributed by atoms with Gasteiger partial charge < -0.3 is 10.0 Å². The minimum atomic E-state index is -4.59. The molecule has 1 N–H and O–H groups in total. The van der Waals surface area contributed by atoms with E-state index >= 15 is 0 Å². The lowest BCUT2D eigenvalue weighted by Crippen LogP contribution is -2.35. The van der Waals surface area contributed by atoms with E-state index in [1.54, 1.807) is 0 Å². The highest BCUT2D eigenvalue weighted by Crippen LogP contribution is 2.39. The maximum absolute atomic E-state index is 12.8. The number of likely N-dealkylation sites (tertiary alicyclic amines) is 1. The Bertz CT molecular complexity index is 675. The van der Waals surface area contributed by atoms with Crippen molar-refractivity contribution < 1.29 is 22.2 Å². The van der Waals surface area contributed by atoms with Crippen LogP contribution < -0.4 is 0 Å². The summed E-state index contributed by atoms with van der Waals surface area (Å²) < 4.78 is 34.3. The second-order valence-electron chi connectivity index (χ2n) is 5.74. The topological polar surface area (TPSA) is 74.7 Å². The predicted molar refractivity (Wildman–Crippen MR) is 73.6 cm³/mol. The molecule has 0 radical (unpaired) electrons. The van der Waals surface area contributed by atoms with Gasteiger partial charge in [-0.3, -0.25) is 4.79 Å². The van der Waals surface area contributed by atoms with Crippen LogP contribution in [0.15, 0.2) is 24.3 Å². The standard InChI is InChI=1S/C14H16FNO4S/c15-21(19,20)8-9-5-13(18)16(7-9)14-11-4-2-1-3-10(11)6-12(14)17/h1-4,9,12,14,17H,5-8H2. The molecule has 7 heteroatoms. The zero-order valence-electron chi connectivity index (χ0n) is 11.3. The molecule has 1 fully saturated rings. The first-order chi connectivity index (χ1) is 9.85. The number of aliphatic hydroxyl groups excluding tert-OH is 1. The molecule has 3 atom stereocenters. The number of fused-ring (bicyclic) bond motifs is 1. The number of aliphatic hydroxyl groups is 1. The van der Waals surface area contributed by atoms with Crippen LogP contribution in [0.4, 0.5) is 3.89 Å². The van der Waals surface area contributed by atoms with Crippen molar-refractivity contribution in [1.82, 2.24) is 4.90 Å². The number of halogens is 1. The summed E-state index contributed by atoms with van der Waals surface area (Å²) in [5.41, 5.74) is 1.88. The van der Waals surface area contributed by atoms with Crippen LogP contribution in [-0.2, 0) is 21.4 Å². The molecular weight excluding hydrogens is 297 g/mol. The first kappa shape index (κ1) is 14.5. The van der Waals surface area contributed by atoms with Gasteiger partial charge in [0.05, 0.1) is 17.9 Å². The monoisotopic (exact) mass is 313 g/mol. The van der Waals surface area contributed by atoms with E-state index in [4.69, 9.17) is 0 Å². The molecule has 114 valence electrons. The van der Waals surface area contributed by atoms with E-state index in [1.807, 2.05) is 24.3 Å². The normalized spacial score (nSPS) is 29.0. The van der Waals surface area contributed by atoms with Crippen LogP contribution >= 0.6 is 0 Å². The first-order valence-corrected chi connectivity index (χ1v) is 8.38. The predicted octanol–water partition coefficient (Wildman–Crippen LogP) is 0.793. The summed E-state index contributed by atoms with van der Waals surface area (Å²) in [4.78, 5) is 13.6. The molecule has 1 aliphatic carbocycles. The van der Waals surface area contributed by atoms with Crippen LogP contribution in [0, 0.1) is 5.92 Å². The maximum Gasteiger partial charge on any atom is 0.302 e. The average Bonchev–Trinajstić information content (AvgIpc) is 2.86. The van der Waals surface area contributed by atoms with E-state index < -0.39 is 34.0 Å². The third kappa shape index (κ3) is 2.80. The van der Waals surface area contributed by atoms with Gasteiger partial charge in [-0.15, -0.1) is 3.89 Å². The molecule has 1 aromatic rings. The van der Waals surface area contributed by atoms with Gasteiger partial charge in [0.25, 0.3) is 0 Å². The van der Waals surface area contributed by atoms with Gasteiger partial charge in [-0.25, -0.2) is 0 Å². The van der Waals surface area contributed by atoms with Crippen LogP contribution in [0.1, 0.15) is 23.6 Å². The van der Waals surface area contributed by atoms with Gasteiger partial charge >= 0.3 is 10.2 Å². The molecule has 5 nitrogen and oxygen atoms in total. The number of nitrogens with zero attached hydrogens (tertiary/aromatic N) is 1. The van der Waals surface area contributed by atoms with Crippen LogP contribution in [-0.4, -0.2) is 42.7 Å². The van der Waals surface area contributed by atoms with Crippen LogP contribution in [0.5, 0.6) is 0 Å². The molecule has 1 saturated heterocycles. The molecule has 0 saturated carbocycles. The number of carbonyl (C=O) groups is 1. The van der Waals surface area contributed by atoms with Crippen molar-refractivity contribution in [3.63, 3.8) is 0 Å². The smallest absolute Gasteiger partial charge is 0.302 e. The van der Waals surface area contributed by atoms with Gasteiger partial charge in [-0.1, -0.05) is 24.3 Å². The van der Waals surface area contributed by atoms with E-state index in [9.17, 15) is 22.2 Å². The van der Waals surface area contributed by atoms with E-state index in [2.05, 4.69) is 0 Å². The molecule has 3 rings (SSSR count). The molecule has 3 unspecified atom stereocenters. The molecule has 0 spiro atoms. The molecule has 1 aliphatic heterocycles. The highest BCUT2D eigenvalue weighted by atomic mass is 32.3. The van der Waals surface area contributed by atoms with Gasteiger partial charge in [0.15, 0.2) is 0 Å². The van der Waals surface area contributed by atoms with Crippen molar-refractivity contribution in [2.45, 2.75) is 25.0 Å². The van der Waals surface area contributed by atoms with Crippen molar-refractivity contribution in [2.24, 2.45) is 5.92 Å². The molecule has 1 amide bonds. The van der Waals surface area contributed by atoms with Crippen molar-refractivity contribution >= 4 is 16.1 Å². The van der Waals surface area contributed by atoms with Crippen LogP contribution in [0.25, 0.3) is 0 Å². The van der Waals surface area contributed by atoms with Gasteiger partial charge in [0.2, 0.25) is 5.91 Å². The highest BCUT2D eigenvalue weighted by molar-refractivity contribution is 7.86. The van der Waals surface area contributed by atoms with Gasteiger partial charge in [0, 0.05) is 25.3 Å².